The van der Waals surface area contributed by atoms with Crippen LogP contribution in [0.1, 0.15) is 0 Å². The number of aliphatic hydroxyl groups is 3. The van der Waals surface area contributed by atoms with E-state index in [9.17, 15) is 0 Å². The van der Waals surface area contributed by atoms with Crippen molar-refractivity contribution in [3.8, 4) is 0 Å². The fourth-order valence-corrected chi connectivity index (χ4v) is 0.594. The maximum atomic E-state index is 8.62. The minimum atomic E-state index is -0.366. The first-order chi connectivity index (χ1) is 4.79. The van der Waals surface area contributed by atoms with Crippen LogP contribution in [-0.2, 0) is 0 Å². The van der Waals surface area contributed by atoms with E-state index in [1.165, 1.54) is 11.0 Å². The van der Waals surface area contributed by atoms with E-state index < -0.39 is 0 Å². The summed E-state index contributed by atoms with van der Waals surface area (Å²) in [5, 5.41) is 25.8. The van der Waals surface area contributed by atoms with Gasteiger partial charge < -0.3 is 15.3 Å². The van der Waals surface area contributed by atoms with Gasteiger partial charge in [0.1, 0.15) is 0 Å². The van der Waals surface area contributed by atoms with Crippen molar-refractivity contribution in [1.29, 1.82) is 0 Å². The lowest BCUT2D eigenvalue weighted by molar-refractivity contribution is -0.00464. The Labute approximate surface area is 60.0 Å². The summed E-state index contributed by atoms with van der Waals surface area (Å²) in [6.45, 7) is 2.71. The van der Waals surface area contributed by atoms with Crippen LogP contribution in [-0.4, -0.2) is 46.3 Å². The second-order valence-corrected chi connectivity index (χ2v) is 1.86. The van der Waals surface area contributed by atoms with Crippen LogP contribution >= 0.6 is 0 Å². The van der Waals surface area contributed by atoms with Crippen LogP contribution in [0.25, 0.3) is 0 Å². The molecule has 0 aromatic heterocycles. The molecule has 0 aliphatic heterocycles. The molecule has 1 atom stereocenters. The second-order valence-electron chi connectivity index (χ2n) is 1.86. The molecule has 0 heterocycles. The van der Waals surface area contributed by atoms with Gasteiger partial charge >= 0.3 is 0 Å². The summed E-state index contributed by atoms with van der Waals surface area (Å²) >= 11 is 0. The lowest BCUT2D eigenvalue weighted by Gasteiger charge is -2.22. The zero-order chi connectivity index (χ0) is 7.98. The van der Waals surface area contributed by atoms with Crippen LogP contribution in [0, 0.1) is 0 Å². The Balaban J connectivity index is 3.81. The molecular weight excluding hydrogens is 134 g/mol. The van der Waals surface area contributed by atoms with Crippen molar-refractivity contribution >= 4 is 0 Å². The summed E-state index contributed by atoms with van der Waals surface area (Å²) in [7, 11) is 0. The summed E-state index contributed by atoms with van der Waals surface area (Å²) < 4.78 is 0. The summed E-state index contributed by atoms with van der Waals surface area (Å²) in [4.78, 5) is 1.27. The maximum Gasteiger partial charge on any atom is 0.0979 e. The van der Waals surface area contributed by atoms with Gasteiger partial charge in [0, 0.05) is 0 Å². The lowest BCUT2D eigenvalue weighted by atomic mass is 10.3. The third-order valence-corrected chi connectivity index (χ3v) is 1.29. The Morgan fingerprint density at radius 1 is 1.30 bits per heavy atom. The van der Waals surface area contributed by atoms with Crippen molar-refractivity contribution in [1.82, 2.24) is 4.90 Å². The van der Waals surface area contributed by atoms with Gasteiger partial charge in [0.05, 0.1) is 26.1 Å². The molecule has 4 nitrogen and oxygen atoms in total. The van der Waals surface area contributed by atoms with Crippen molar-refractivity contribution < 1.29 is 15.3 Å². The predicted molar refractivity (Wildman–Crippen MR) is 37.1 cm³/mol. The summed E-state index contributed by atoms with van der Waals surface area (Å²) in [6.07, 6.45) is 1.46. The SMILES string of the molecule is C=CC(CO)N(CO)CO. The van der Waals surface area contributed by atoms with Crippen LogP contribution in [0.15, 0.2) is 12.7 Å². The van der Waals surface area contributed by atoms with Gasteiger partial charge in [-0.2, -0.15) is 0 Å². The molecule has 60 valence electrons. The summed E-state index contributed by atoms with van der Waals surface area (Å²) in [5.41, 5.74) is 0. The van der Waals surface area contributed by atoms with Crippen molar-refractivity contribution in [3.05, 3.63) is 12.7 Å². The number of hydrogen-bond donors (Lipinski definition) is 3. The zero-order valence-electron chi connectivity index (χ0n) is 5.77. The molecule has 0 fully saturated rings. The van der Waals surface area contributed by atoms with Crippen LogP contribution in [0.3, 0.4) is 0 Å². The highest BCUT2D eigenvalue weighted by Gasteiger charge is 2.10. The summed E-state index contributed by atoms with van der Waals surface area (Å²) in [6, 6.07) is -0.366. The van der Waals surface area contributed by atoms with Gasteiger partial charge in [0.15, 0.2) is 0 Å². The largest absolute Gasteiger partial charge is 0.394 e. The van der Waals surface area contributed by atoms with Gasteiger partial charge in [-0.3, -0.25) is 0 Å². The molecule has 0 spiro atoms. The minimum absolute atomic E-state index is 0.148. The van der Waals surface area contributed by atoms with Gasteiger partial charge in [-0.05, 0) is 0 Å². The van der Waals surface area contributed by atoms with E-state index in [1.807, 2.05) is 0 Å². The maximum absolute atomic E-state index is 8.62. The molecule has 1 unspecified atom stereocenters. The van der Waals surface area contributed by atoms with Gasteiger partial charge in [-0.25, -0.2) is 4.90 Å². The van der Waals surface area contributed by atoms with Crippen LogP contribution < -0.4 is 0 Å². The third-order valence-electron chi connectivity index (χ3n) is 1.29. The van der Waals surface area contributed by atoms with Gasteiger partial charge in [0.25, 0.3) is 0 Å². The van der Waals surface area contributed by atoms with Crippen molar-refractivity contribution in [2.75, 3.05) is 20.1 Å². The Morgan fingerprint density at radius 3 is 1.90 bits per heavy atom. The zero-order valence-corrected chi connectivity index (χ0v) is 5.77. The van der Waals surface area contributed by atoms with Crippen LogP contribution in [0.2, 0.25) is 0 Å². The molecule has 0 aromatic rings. The van der Waals surface area contributed by atoms with Crippen molar-refractivity contribution in [3.63, 3.8) is 0 Å². The minimum Gasteiger partial charge on any atom is -0.394 e. The smallest absolute Gasteiger partial charge is 0.0979 e. The topological polar surface area (TPSA) is 63.9 Å². The molecule has 0 aliphatic carbocycles. The Hall–Kier alpha value is -0.420. The number of rotatable bonds is 5. The Kier molecular flexibility index (Phi) is 5.15. The molecule has 0 aromatic carbocycles. The van der Waals surface area contributed by atoms with Crippen molar-refractivity contribution in [2.24, 2.45) is 0 Å². The standard InChI is InChI=1S/C6H13NO3/c1-2-6(3-8)7(4-9)5-10/h2,6,8-10H,1,3-5H2. The highest BCUT2D eigenvalue weighted by Crippen LogP contribution is 1.96. The van der Waals surface area contributed by atoms with Gasteiger partial charge in [-0.1, -0.05) is 6.08 Å². The molecule has 4 heteroatoms. The number of aliphatic hydroxyl groups excluding tert-OH is 3. The van der Waals surface area contributed by atoms with E-state index in [2.05, 4.69) is 6.58 Å². The quantitative estimate of drug-likeness (QED) is 0.335. The van der Waals surface area contributed by atoms with Crippen LogP contribution in [0.4, 0.5) is 0 Å². The van der Waals surface area contributed by atoms with E-state index in [0.29, 0.717) is 0 Å². The number of nitrogens with zero attached hydrogens (tertiary/aromatic N) is 1. The molecule has 0 bridgehead atoms. The first-order valence-corrected chi connectivity index (χ1v) is 2.99. The second kappa shape index (κ2) is 5.37. The molecule has 0 amide bonds. The van der Waals surface area contributed by atoms with E-state index >= 15 is 0 Å². The molecule has 3 N–H and O–H groups in total. The third kappa shape index (κ3) is 2.45. The molecular formula is C6H13NO3. The van der Waals surface area contributed by atoms with Crippen molar-refractivity contribution in [2.45, 2.75) is 6.04 Å². The molecule has 10 heavy (non-hydrogen) atoms. The van der Waals surface area contributed by atoms with E-state index in [4.69, 9.17) is 15.3 Å². The average Bonchev–Trinajstić information content (AvgIpc) is 2.00. The Bertz CT molecular complexity index is 93.0. The first-order valence-electron chi connectivity index (χ1n) is 2.99. The van der Waals surface area contributed by atoms with Gasteiger partial charge in [0.2, 0.25) is 0 Å². The fraction of sp³-hybridized carbons (Fsp3) is 0.667. The highest BCUT2D eigenvalue weighted by atomic mass is 16.3. The van der Waals surface area contributed by atoms with E-state index in [-0.39, 0.29) is 26.1 Å². The van der Waals surface area contributed by atoms with Gasteiger partial charge in [-0.15, -0.1) is 6.58 Å². The molecule has 0 saturated heterocycles. The van der Waals surface area contributed by atoms with E-state index in [0.717, 1.165) is 0 Å². The molecule has 0 rings (SSSR count). The highest BCUT2D eigenvalue weighted by molar-refractivity contribution is 4.85. The fourth-order valence-electron chi connectivity index (χ4n) is 0.594. The van der Waals surface area contributed by atoms with E-state index in [1.54, 1.807) is 0 Å². The average molecular weight is 147 g/mol. The Morgan fingerprint density at radius 2 is 1.80 bits per heavy atom. The molecule has 0 aliphatic rings. The summed E-state index contributed by atoms with van der Waals surface area (Å²) in [5.74, 6) is 0. The lowest BCUT2D eigenvalue weighted by Crippen LogP contribution is -2.37. The van der Waals surface area contributed by atoms with Crippen LogP contribution in [0.5, 0.6) is 0 Å². The normalized spacial score (nSPS) is 13.6. The monoisotopic (exact) mass is 147 g/mol. The first kappa shape index (κ1) is 9.58. The predicted octanol–water partition coefficient (Wildman–Crippen LogP) is -1.27. The number of hydrogen-bond acceptors (Lipinski definition) is 4. The molecule has 0 saturated carbocycles. The molecule has 0 radical (unpaired) electrons.